The number of nitrogens with two attached hydrogens (primary N) is 4. The van der Waals surface area contributed by atoms with E-state index in [2.05, 4.69) is 90.1 Å². The number of hydrogen-bond donors (Lipinski definition) is 4. The lowest BCUT2D eigenvalue weighted by molar-refractivity contribution is 0.961. The first-order valence-electron chi connectivity index (χ1n) is 10.6. The first-order chi connectivity index (χ1) is 16.3. The molecular formula is C26H26Br2N6. The van der Waals surface area contributed by atoms with Crippen molar-refractivity contribution in [2.45, 2.75) is 12.8 Å². The lowest BCUT2D eigenvalue weighted by Gasteiger charge is -2.07. The molecule has 3 rings (SSSR count). The molecule has 0 heterocycles. The Morgan fingerprint density at radius 2 is 1.24 bits per heavy atom. The zero-order chi connectivity index (χ0) is 24.5. The second-order valence-corrected chi connectivity index (χ2v) is 9.47. The number of hydrogen-bond acceptors (Lipinski definition) is 2. The van der Waals surface area contributed by atoms with Crippen molar-refractivity contribution in [1.29, 1.82) is 0 Å². The van der Waals surface area contributed by atoms with Crippen molar-refractivity contribution >= 4 is 43.8 Å². The Labute approximate surface area is 216 Å². The van der Waals surface area contributed by atoms with Crippen LogP contribution in [0.1, 0.15) is 22.3 Å². The Balaban J connectivity index is 1.81. The van der Waals surface area contributed by atoms with Crippen molar-refractivity contribution in [3.8, 4) is 23.0 Å². The Bertz CT molecular complexity index is 1280. The van der Waals surface area contributed by atoms with E-state index in [4.69, 9.17) is 22.9 Å². The number of rotatable bonds is 7. The summed E-state index contributed by atoms with van der Waals surface area (Å²) in [4.78, 5) is 8.12. The molecule has 0 aliphatic heterocycles. The minimum atomic E-state index is 0.0984. The zero-order valence-corrected chi connectivity index (χ0v) is 21.7. The topological polar surface area (TPSA) is 129 Å². The number of benzene rings is 3. The third kappa shape index (κ3) is 8.25. The molecule has 0 amide bonds. The predicted octanol–water partition coefficient (Wildman–Crippen LogP) is 3.91. The van der Waals surface area contributed by atoms with E-state index in [1.807, 2.05) is 24.3 Å². The summed E-state index contributed by atoms with van der Waals surface area (Å²) in [5, 5.41) is 0. The fourth-order valence-corrected chi connectivity index (χ4v) is 4.46. The fourth-order valence-electron chi connectivity index (χ4n) is 3.38. The summed E-state index contributed by atoms with van der Waals surface area (Å²) in [6, 6.07) is 20.6. The molecule has 0 spiro atoms. The lowest BCUT2D eigenvalue weighted by Crippen LogP contribution is -2.23. The van der Waals surface area contributed by atoms with Gasteiger partial charge in [-0.05, 0) is 77.6 Å². The maximum absolute atomic E-state index is 5.43. The highest BCUT2D eigenvalue weighted by Gasteiger charge is 2.04. The highest BCUT2D eigenvalue weighted by atomic mass is 79.9. The molecule has 0 saturated heterocycles. The first kappa shape index (κ1) is 25.3. The summed E-state index contributed by atoms with van der Waals surface area (Å²) in [5.41, 5.74) is 28.0. The molecule has 6 nitrogen and oxygen atoms in total. The SMILES string of the molecule is NC(N)=NCCc1cc(Br)cc(C#Cc2cccc(-c3cc(Br)cc(CCN=C(N)N)c3)c2)c1. The zero-order valence-electron chi connectivity index (χ0n) is 18.6. The van der Waals surface area contributed by atoms with Crippen molar-refractivity contribution in [2.75, 3.05) is 13.1 Å². The molecule has 0 aliphatic rings. The predicted molar refractivity (Wildman–Crippen MR) is 148 cm³/mol. The van der Waals surface area contributed by atoms with Crippen LogP contribution in [0, 0.1) is 11.8 Å². The van der Waals surface area contributed by atoms with E-state index in [1.54, 1.807) is 0 Å². The molecule has 8 N–H and O–H groups in total. The molecule has 0 unspecified atom stereocenters. The highest BCUT2D eigenvalue weighted by Crippen LogP contribution is 2.26. The Kier molecular flexibility index (Phi) is 9.14. The third-order valence-electron chi connectivity index (χ3n) is 4.85. The van der Waals surface area contributed by atoms with Gasteiger partial charge in [-0.1, -0.05) is 61.9 Å². The van der Waals surface area contributed by atoms with E-state index in [-0.39, 0.29) is 11.9 Å². The van der Waals surface area contributed by atoms with E-state index in [0.29, 0.717) is 13.1 Å². The van der Waals surface area contributed by atoms with Crippen LogP contribution in [-0.2, 0) is 12.8 Å². The van der Waals surface area contributed by atoms with Gasteiger partial charge in [0, 0.05) is 33.2 Å². The Morgan fingerprint density at radius 3 is 1.88 bits per heavy atom. The number of halogens is 2. The minimum Gasteiger partial charge on any atom is -0.370 e. The quantitative estimate of drug-likeness (QED) is 0.191. The van der Waals surface area contributed by atoms with Gasteiger partial charge in [0.1, 0.15) is 0 Å². The van der Waals surface area contributed by atoms with Gasteiger partial charge in [-0.25, -0.2) is 0 Å². The smallest absolute Gasteiger partial charge is 0.185 e. The van der Waals surface area contributed by atoms with Crippen LogP contribution in [-0.4, -0.2) is 25.0 Å². The molecule has 0 atom stereocenters. The molecule has 174 valence electrons. The number of aliphatic imine (C=N–C) groups is 2. The molecule has 0 saturated carbocycles. The van der Waals surface area contributed by atoms with Gasteiger partial charge in [0.05, 0.1) is 0 Å². The van der Waals surface area contributed by atoms with Crippen LogP contribution in [0.25, 0.3) is 11.1 Å². The maximum atomic E-state index is 5.43. The van der Waals surface area contributed by atoms with Crippen LogP contribution in [0.4, 0.5) is 0 Å². The number of nitrogens with zero attached hydrogens (tertiary/aromatic N) is 2. The summed E-state index contributed by atoms with van der Waals surface area (Å²) in [7, 11) is 0. The van der Waals surface area contributed by atoms with Crippen molar-refractivity contribution in [3.63, 3.8) is 0 Å². The molecule has 0 bridgehead atoms. The van der Waals surface area contributed by atoms with E-state index in [1.165, 1.54) is 0 Å². The Hall–Kier alpha value is -3.28. The second-order valence-electron chi connectivity index (χ2n) is 7.64. The average Bonchev–Trinajstić information content (AvgIpc) is 2.77. The van der Waals surface area contributed by atoms with Crippen LogP contribution in [0.3, 0.4) is 0 Å². The van der Waals surface area contributed by atoms with Gasteiger partial charge < -0.3 is 22.9 Å². The minimum absolute atomic E-state index is 0.0984. The van der Waals surface area contributed by atoms with Crippen LogP contribution < -0.4 is 22.9 Å². The Morgan fingerprint density at radius 1 is 0.647 bits per heavy atom. The van der Waals surface area contributed by atoms with Gasteiger partial charge in [0.25, 0.3) is 0 Å². The lowest BCUT2D eigenvalue weighted by atomic mass is 10.00. The van der Waals surface area contributed by atoms with Crippen LogP contribution in [0.15, 0.2) is 79.6 Å². The van der Waals surface area contributed by atoms with Gasteiger partial charge in [0.15, 0.2) is 11.9 Å². The molecule has 0 radical (unpaired) electrons. The molecular weight excluding hydrogens is 556 g/mol. The molecule has 34 heavy (non-hydrogen) atoms. The van der Waals surface area contributed by atoms with Crippen LogP contribution in [0.5, 0.6) is 0 Å². The molecule has 0 aromatic heterocycles. The molecule has 8 heteroatoms. The van der Waals surface area contributed by atoms with E-state index in [0.717, 1.165) is 55.2 Å². The second kappa shape index (κ2) is 12.3. The van der Waals surface area contributed by atoms with Crippen LogP contribution >= 0.6 is 31.9 Å². The monoisotopic (exact) mass is 580 g/mol. The van der Waals surface area contributed by atoms with Crippen molar-refractivity contribution < 1.29 is 0 Å². The van der Waals surface area contributed by atoms with Crippen molar-refractivity contribution in [1.82, 2.24) is 0 Å². The molecule has 0 fully saturated rings. The van der Waals surface area contributed by atoms with Gasteiger partial charge in [-0.3, -0.25) is 9.98 Å². The summed E-state index contributed by atoms with van der Waals surface area (Å²) in [6.07, 6.45) is 1.48. The van der Waals surface area contributed by atoms with Gasteiger partial charge in [-0.2, -0.15) is 0 Å². The fraction of sp³-hybridized carbons (Fsp3) is 0.154. The van der Waals surface area contributed by atoms with Gasteiger partial charge in [-0.15, -0.1) is 0 Å². The highest BCUT2D eigenvalue weighted by molar-refractivity contribution is 9.10. The maximum Gasteiger partial charge on any atom is 0.185 e. The average molecular weight is 582 g/mol. The summed E-state index contributed by atoms with van der Waals surface area (Å²) in [5.74, 6) is 6.75. The van der Waals surface area contributed by atoms with E-state index >= 15 is 0 Å². The van der Waals surface area contributed by atoms with Crippen molar-refractivity contribution in [2.24, 2.45) is 32.9 Å². The molecule has 0 aliphatic carbocycles. The molecule has 3 aromatic carbocycles. The first-order valence-corrected chi connectivity index (χ1v) is 12.2. The summed E-state index contributed by atoms with van der Waals surface area (Å²) < 4.78 is 1.97. The summed E-state index contributed by atoms with van der Waals surface area (Å²) >= 11 is 7.17. The van der Waals surface area contributed by atoms with Gasteiger partial charge >= 0.3 is 0 Å². The van der Waals surface area contributed by atoms with E-state index < -0.39 is 0 Å². The van der Waals surface area contributed by atoms with Gasteiger partial charge in [0.2, 0.25) is 0 Å². The summed E-state index contributed by atoms with van der Waals surface area (Å²) in [6.45, 7) is 1.08. The van der Waals surface area contributed by atoms with E-state index in [9.17, 15) is 0 Å². The normalized spacial score (nSPS) is 10.2. The van der Waals surface area contributed by atoms with Crippen LogP contribution in [0.2, 0.25) is 0 Å². The molecule has 3 aromatic rings. The standard InChI is InChI=1S/C26H26Br2N6/c27-23-13-18(10-19(14-23)6-8-33-25(29)30)5-4-17-2-1-3-21(11-17)22-12-20(15-24(28)16-22)7-9-34-26(31)32/h1-3,10-16H,6-9H2,(H4,29,30,33)(H4,31,32,34). The third-order valence-corrected chi connectivity index (χ3v) is 5.77. The number of guanidine groups is 2. The van der Waals surface area contributed by atoms with Crippen molar-refractivity contribution in [3.05, 3.63) is 91.9 Å². The largest absolute Gasteiger partial charge is 0.370 e.